The van der Waals surface area contributed by atoms with Crippen LogP contribution in [0.3, 0.4) is 0 Å². The van der Waals surface area contributed by atoms with Crippen molar-refractivity contribution in [3.05, 3.63) is 24.3 Å². The van der Waals surface area contributed by atoms with E-state index in [1.54, 1.807) is 0 Å². The minimum Gasteiger partial charge on any atom is -0.421 e. The molecular formula is C10H4Cl2F4O3S. The van der Waals surface area contributed by atoms with Crippen molar-refractivity contribution in [3.8, 4) is 5.75 Å². The predicted molar refractivity (Wildman–Crippen MR) is 64.5 cm³/mol. The lowest BCUT2D eigenvalue weighted by Crippen LogP contribution is -2.26. The molecule has 0 heterocycles. The third-order valence-electron chi connectivity index (χ3n) is 1.71. The van der Waals surface area contributed by atoms with Crippen molar-refractivity contribution in [2.75, 3.05) is 0 Å². The first-order valence-corrected chi connectivity index (χ1v) is 6.25. The summed E-state index contributed by atoms with van der Waals surface area (Å²) in [6.07, 6.45) is 0. The van der Waals surface area contributed by atoms with Crippen LogP contribution in [-0.2, 0) is 9.59 Å². The van der Waals surface area contributed by atoms with Crippen molar-refractivity contribution in [3.63, 3.8) is 0 Å². The Balaban J connectivity index is 2.71. The number of ether oxygens (including phenoxy) is 1. The van der Waals surface area contributed by atoms with E-state index in [-0.39, 0.29) is 22.4 Å². The average molecular weight is 351 g/mol. The molecular weight excluding hydrogens is 347 g/mol. The first-order chi connectivity index (χ1) is 9.00. The zero-order chi connectivity index (χ0) is 15.6. The summed E-state index contributed by atoms with van der Waals surface area (Å²) in [6.45, 7) is 0. The highest BCUT2D eigenvalue weighted by atomic mass is 35.5. The van der Waals surface area contributed by atoms with Gasteiger partial charge >= 0.3 is 16.7 Å². The van der Waals surface area contributed by atoms with Gasteiger partial charge in [-0.2, -0.15) is 17.6 Å². The van der Waals surface area contributed by atoms with E-state index in [9.17, 15) is 27.2 Å². The Bertz CT molecular complexity index is 464. The lowest BCUT2D eigenvalue weighted by molar-refractivity contribution is -0.150. The summed E-state index contributed by atoms with van der Waals surface area (Å²) in [7, 11) is 0. The van der Waals surface area contributed by atoms with Crippen molar-refractivity contribution in [2.45, 2.75) is 15.7 Å². The minimum absolute atomic E-state index is 0.0627. The molecule has 0 amide bonds. The zero-order valence-corrected chi connectivity index (χ0v) is 11.5. The average Bonchev–Trinajstić information content (AvgIpc) is 2.29. The van der Waals surface area contributed by atoms with Gasteiger partial charge in [0.05, 0.1) is 0 Å². The third kappa shape index (κ3) is 5.18. The SMILES string of the molecule is O=C(Oc1ccc(SC(=O)C(F)(F)Cl)cc1)C(F)(F)Cl. The molecule has 20 heavy (non-hydrogen) atoms. The van der Waals surface area contributed by atoms with Crippen molar-refractivity contribution in [1.29, 1.82) is 0 Å². The molecule has 1 rings (SSSR count). The van der Waals surface area contributed by atoms with Crippen molar-refractivity contribution < 1.29 is 31.9 Å². The number of rotatable bonds is 4. The fourth-order valence-corrected chi connectivity index (χ4v) is 1.66. The number of hydrogen-bond donors (Lipinski definition) is 0. The molecule has 0 aromatic heterocycles. The van der Waals surface area contributed by atoms with Crippen LogP contribution in [0.1, 0.15) is 0 Å². The molecule has 110 valence electrons. The lowest BCUT2D eigenvalue weighted by Gasteiger charge is -2.09. The molecule has 0 fully saturated rings. The molecule has 0 atom stereocenters. The second-order valence-electron chi connectivity index (χ2n) is 3.25. The van der Waals surface area contributed by atoms with Crippen molar-refractivity contribution in [1.82, 2.24) is 0 Å². The van der Waals surface area contributed by atoms with E-state index < -0.39 is 21.8 Å². The fourth-order valence-electron chi connectivity index (χ4n) is 0.906. The topological polar surface area (TPSA) is 43.4 Å². The van der Waals surface area contributed by atoms with Crippen LogP contribution in [0.25, 0.3) is 0 Å². The number of benzene rings is 1. The summed E-state index contributed by atoms with van der Waals surface area (Å²) in [5.74, 6) is -2.27. The van der Waals surface area contributed by atoms with Gasteiger partial charge in [0.2, 0.25) is 0 Å². The summed E-state index contributed by atoms with van der Waals surface area (Å²) < 4.78 is 53.7. The molecule has 0 aliphatic rings. The standard InChI is InChI=1S/C10H4Cl2F4O3S/c11-9(13,14)7(17)19-5-1-3-6(4-2-5)20-8(18)10(12,15)16/h1-4H. The van der Waals surface area contributed by atoms with Gasteiger partial charge in [0.15, 0.2) is 0 Å². The minimum atomic E-state index is -4.18. The molecule has 3 nitrogen and oxygen atoms in total. The maximum absolute atomic E-state index is 12.4. The van der Waals surface area contributed by atoms with Gasteiger partial charge in [-0.15, -0.1) is 0 Å². The maximum atomic E-state index is 12.4. The van der Waals surface area contributed by atoms with Gasteiger partial charge < -0.3 is 4.74 Å². The van der Waals surface area contributed by atoms with E-state index in [1.165, 1.54) is 0 Å². The highest BCUT2D eigenvalue weighted by molar-refractivity contribution is 8.14. The molecule has 10 heteroatoms. The van der Waals surface area contributed by atoms with E-state index in [4.69, 9.17) is 0 Å². The number of hydrogen-bond acceptors (Lipinski definition) is 4. The normalized spacial score (nSPS) is 12.1. The monoisotopic (exact) mass is 350 g/mol. The second kappa shape index (κ2) is 6.19. The smallest absolute Gasteiger partial charge is 0.418 e. The molecule has 1 aromatic rings. The van der Waals surface area contributed by atoms with Gasteiger partial charge in [-0.3, -0.25) is 4.79 Å². The number of esters is 1. The van der Waals surface area contributed by atoms with Gasteiger partial charge in [-0.05, 0) is 59.2 Å². The Morgan fingerprint density at radius 1 is 1.00 bits per heavy atom. The molecule has 0 spiro atoms. The van der Waals surface area contributed by atoms with E-state index in [0.29, 0.717) is 0 Å². The molecule has 0 saturated carbocycles. The van der Waals surface area contributed by atoms with Gasteiger partial charge in [0, 0.05) is 4.90 Å². The summed E-state index contributed by atoms with van der Waals surface area (Å²) in [5.41, 5.74) is 0. The van der Waals surface area contributed by atoms with Crippen molar-refractivity contribution in [2.24, 2.45) is 0 Å². The van der Waals surface area contributed by atoms with Crippen LogP contribution >= 0.6 is 35.0 Å². The Labute approximate surface area is 124 Å². The van der Waals surface area contributed by atoms with Crippen LogP contribution in [0, 0.1) is 0 Å². The first kappa shape index (κ1) is 17.1. The van der Waals surface area contributed by atoms with E-state index in [2.05, 4.69) is 27.9 Å². The van der Waals surface area contributed by atoms with Crippen LogP contribution in [0.15, 0.2) is 29.2 Å². The highest BCUT2D eigenvalue weighted by Gasteiger charge is 2.38. The molecule has 0 saturated heterocycles. The first-order valence-electron chi connectivity index (χ1n) is 4.68. The molecule has 0 N–H and O–H groups in total. The summed E-state index contributed by atoms with van der Waals surface area (Å²) in [5, 5.41) is -9.79. The number of alkyl halides is 6. The van der Waals surface area contributed by atoms with Gasteiger partial charge in [0.25, 0.3) is 5.12 Å². The molecule has 0 aliphatic carbocycles. The second-order valence-corrected chi connectivity index (χ2v) is 5.24. The van der Waals surface area contributed by atoms with Gasteiger partial charge in [0.1, 0.15) is 5.75 Å². The Morgan fingerprint density at radius 3 is 1.90 bits per heavy atom. The Morgan fingerprint density at radius 2 is 1.50 bits per heavy atom. The summed E-state index contributed by atoms with van der Waals surface area (Å²) >= 11 is 9.09. The number of carbonyl (C=O) groups excluding carboxylic acids is 2. The quantitative estimate of drug-likeness (QED) is 0.272. The molecule has 0 radical (unpaired) electrons. The maximum Gasteiger partial charge on any atom is 0.418 e. The van der Waals surface area contributed by atoms with Gasteiger partial charge in [-0.25, -0.2) is 4.79 Å². The highest BCUT2D eigenvalue weighted by Crippen LogP contribution is 2.32. The predicted octanol–water partition coefficient (Wildman–Crippen LogP) is 3.87. The van der Waals surface area contributed by atoms with E-state index in [0.717, 1.165) is 24.3 Å². The summed E-state index contributed by atoms with van der Waals surface area (Å²) in [6, 6.07) is 4.28. The molecule has 0 unspecified atom stereocenters. The number of halogens is 6. The number of thioether (sulfide) groups is 1. The van der Waals surface area contributed by atoms with Gasteiger partial charge in [-0.1, -0.05) is 0 Å². The van der Waals surface area contributed by atoms with Crippen molar-refractivity contribution >= 4 is 46.0 Å². The fraction of sp³-hybridized carbons (Fsp3) is 0.200. The Hall–Kier alpha value is -0.990. The third-order valence-corrected chi connectivity index (χ3v) is 3.10. The largest absolute Gasteiger partial charge is 0.421 e. The molecule has 0 bridgehead atoms. The number of carbonyl (C=O) groups is 2. The lowest BCUT2D eigenvalue weighted by atomic mass is 10.3. The van der Waals surface area contributed by atoms with Crippen LogP contribution in [0.2, 0.25) is 0 Å². The van der Waals surface area contributed by atoms with Crippen LogP contribution in [-0.4, -0.2) is 21.8 Å². The zero-order valence-electron chi connectivity index (χ0n) is 9.21. The Kier molecular flexibility index (Phi) is 5.28. The van der Waals surface area contributed by atoms with Crippen LogP contribution < -0.4 is 4.74 Å². The van der Waals surface area contributed by atoms with Crippen LogP contribution in [0.4, 0.5) is 17.6 Å². The molecule has 0 aliphatic heterocycles. The van der Waals surface area contributed by atoms with E-state index in [1.807, 2.05) is 0 Å². The van der Waals surface area contributed by atoms with Crippen LogP contribution in [0.5, 0.6) is 5.75 Å². The summed E-state index contributed by atoms with van der Waals surface area (Å²) in [4.78, 5) is 21.7. The molecule has 1 aromatic carbocycles. The van der Waals surface area contributed by atoms with E-state index >= 15 is 0 Å².